The van der Waals surface area contributed by atoms with Crippen LogP contribution in [0, 0.1) is 13.8 Å². The number of nitrogens with one attached hydrogen (secondary N) is 1. The molecule has 0 saturated carbocycles. The molecule has 38 heavy (non-hydrogen) atoms. The highest BCUT2D eigenvalue weighted by Crippen LogP contribution is 2.26. The lowest BCUT2D eigenvalue weighted by atomic mass is 10.0. The zero-order chi connectivity index (χ0) is 27.9. The molecule has 1 atom stereocenters. The Morgan fingerprint density at radius 1 is 0.974 bits per heavy atom. The van der Waals surface area contributed by atoms with Crippen LogP contribution in [0.15, 0.2) is 72.8 Å². The monoisotopic (exact) mass is 555 g/mol. The molecule has 202 valence electrons. The number of amides is 2. The molecule has 0 spiro atoms. The molecule has 0 aliphatic heterocycles. The van der Waals surface area contributed by atoms with Crippen molar-refractivity contribution in [2.75, 3.05) is 23.7 Å². The van der Waals surface area contributed by atoms with Crippen molar-refractivity contribution in [1.29, 1.82) is 0 Å². The molecule has 1 N–H and O–H groups in total. The summed E-state index contributed by atoms with van der Waals surface area (Å²) in [5, 5.41) is 3.29. The molecule has 0 radical (unpaired) electrons. The molecule has 0 heterocycles. The first-order chi connectivity index (χ1) is 18.0. The fraction of sp³-hybridized carbons (Fsp3) is 0.310. The number of carbonyl (C=O) groups is 2. The molecule has 0 aliphatic rings. The Morgan fingerprint density at radius 2 is 1.63 bits per heavy atom. The van der Waals surface area contributed by atoms with Crippen LogP contribution in [-0.4, -0.2) is 50.5 Å². The van der Waals surface area contributed by atoms with E-state index in [1.807, 2.05) is 56.3 Å². The second kappa shape index (κ2) is 12.9. The average Bonchev–Trinajstić information content (AvgIpc) is 2.87. The molecule has 0 fully saturated rings. The van der Waals surface area contributed by atoms with E-state index in [9.17, 15) is 18.0 Å². The summed E-state index contributed by atoms with van der Waals surface area (Å²) in [5.41, 5.74) is 3.54. The number of carbonyl (C=O) groups excluding carboxylic acids is 2. The summed E-state index contributed by atoms with van der Waals surface area (Å²) in [7, 11) is -3.82. The van der Waals surface area contributed by atoms with Crippen LogP contribution in [0.25, 0.3) is 0 Å². The van der Waals surface area contributed by atoms with Crippen LogP contribution in [0.2, 0.25) is 5.02 Å². The van der Waals surface area contributed by atoms with Crippen molar-refractivity contribution in [2.24, 2.45) is 0 Å². The third-order valence-corrected chi connectivity index (χ3v) is 7.73. The third-order valence-electron chi connectivity index (χ3n) is 6.23. The predicted octanol–water partition coefficient (Wildman–Crippen LogP) is 4.50. The van der Waals surface area contributed by atoms with Crippen LogP contribution in [-0.2, 0) is 32.6 Å². The predicted molar refractivity (Wildman–Crippen MR) is 153 cm³/mol. The van der Waals surface area contributed by atoms with Gasteiger partial charge in [-0.2, -0.15) is 0 Å². The second-order valence-corrected chi connectivity index (χ2v) is 11.6. The van der Waals surface area contributed by atoms with Gasteiger partial charge in [-0.1, -0.05) is 72.3 Å². The van der Waals surface area contributed by atoms with Crippen molar-refractivity contribution in [3.05, 3.63) is 100 Å². The van der Waals surface area contributed by atoms with Gasteiger partial charge >= 0.3 is 0 Å². The van der Waals surface area contributed by atoms with Gasteiger partial charge in [0.05, 0.1) is 11.9 Å². The summed E-state index contributed by atoms with van der Waals surface area (Å²) in [6, 6.07) is 21.1. The Labute approximate surface area is 230 Å². The minimum atomic E-state index is -3.82. The molecule has 2 amide bonds. The number of hydrogen-bond acceptors (Lipinski definition) is 4. The topological polar surface area (TPSA) is 86.8 Å². The van der Waals surface area contributed by atoms with Gasteiger partial charge in [0.2, 0.25) is 21.8 Å². The molecule has 3 rings (SSSR count). The van der Waals surface area contributed by atoms with Crippen molar-refractivity contribution < 1.29 is 18.0 Å². The first-order valence-electron chi connectivity index (χ1n) is 12.4. The van der Waals surface area contributed by atoms with Crippen LogP contribution in [0.4, 0.5) is 5.69 Å². The van der Waals surface area contributed by atoms with Gasteiger partial charge in [0.25, 0.3) is 0 Å². The van der Waals surface area contributed by atoms with E-state index in [4.69, 9.17) is 11.6 Å². The van der Waals surface area contributed by atoms with Gasteiger partial charge in [-0.05, 0) is 55.2 Å². The van der Waals surface area contributed by atoms with E-state index < -0.39 is 28.5 Å². The number of benzene rings is 3. The van der Waals surface area contributed by atoms with Crippen molar-refractivity contribution in [1.82, 2.24) is 10.2 Å². The van der Waals surface area contributed by atoms with Crippen LogP contribution in [0.5, 0.6) is 0 Å². The lowest BCUT2D eigenvalue weighted by Gasteiger charge is -2.34. The Hall–Kier alpha value is -3.36. The van der Waals surface area contributed by atoms with E-state index in [0.717, 1.165) is 27.3 Å². The number of hydrogen-bond donors (Lipinski definition) is 1. The number of sulfonamides is 1. The third kappa shape index (κ3) is 7.58. The molecular weight excluding hydrogens is 522 g/mol. The minimum Gasteiger partial charge on any atom is -0.355 e. The first kappa shape index (κ1) is 29.2. The number of rotatable bonds is 11. The van der Waals surface area contributed by atoms with Crippen LogP contribution in [0.3, 0.4) is 0 Å². The lowest BCUT2D eigenvalue weighted by molar-refractivity contribution is -0.140. The summed E-state index contributed by atoms with van der Waals surface area (Å²) >= 11 is 6.45. The highest BCUT2D eigenvalue weighted by Gasteiger charge is 2.33. The summed E-state index contributed by atoms with van der Waals surface area (Å²) in [4.78, 5) is 28.8. The second-order valence-electron chi connectivity index (χ2n) is 9.27. The molecule has 9 heteroatoms. The molecule has 0 bridgehead atoms. The molecule has 0 aliphatic carbocycles. The van der Waals surface area contributed by atoms with Crippen molar-refractivity contribution >= 4 is 39.1 Å². The van der Waals surface area contributed by atoms with Crippen molar-refractivity contribution in [2.45, 2.75) is 39.8 Å². The van der Waals surface area contributed by atoms with Crippen molar-refractivity contribution in [3.63, 3.8) is 0 Å². The minimum absolute atomic E-state index is 0.0392. The Balaban J connectivity index is 2.08. The van der Waals surface area contributed by atoms with Gasteiger partial charge in [-0.25, -0.2) is 8.42 Å². The number of nitrogens with zero attached hydrogens (tertiary/aromatic N) is 2. The standard InChI is InChI=1S/C29H34ClN3O4S/c1-5-31-29(35)27(18-23-11-7-6-8-12-23)32(19-24-13-9-10-14-25(24)30)28(34)20-33(38(4,36)37)26-17-21(2)15-16-22(26)3/h6-17,27H,5,18-20H2,1-4H3,(H,31,35)/t27-/m0/s1. The van der Waals surface area contributed by atoms with Crippen LogP contribution in [0.1, 0.15) is 29.2 Å². The van der Waals surface area contributed by atoms with E-state index in [0.29, 0.717) is 22.8 Å². The maximum Gasteiger partial charge on any atom is 0.244 e. The van der Waals surface area contributed by atoms with Crippen molar-refractivity contribution in [3.8, 4) is 0 Å². The number of aryl methyl sites for hydroxylation is 2. The van der Waals surface area contributed by atoms with Crippen LogP contribution < -0.4 is 9.62 Å². The Morgan fingerprint density at radius 3 is 2.26 bits per heavy atom. The molecule has 0 aromatic heterocycles. The first-order valence-corrected chi connectivity index (χ1v) is 14.6. The van der Waals surface area contributed by atoms with Gasteiger partial charge in [0, 0.05) is 24.5 Å². The maximum atomic E-state index is 14.0. The number of halogens is 1. The molecule has 0 saturated heterocycles. The van der Waals surface area contributed by atoms with Gasteiger partial charge < -0.3 is 10.2 Å². The average molecular weight is 556 g/mol. The van der Waals surface area contributed by atoms with Gasteiger partial charge in [-0.15, -0.1) is 0 Å². The molecule has 0 unspecified atom stereocenters. The number of likely N-dealkylation sites (N-methyl/N-ethyl adjacent to an activating group) is 1. The zero-order valence-corrected chi connectivity index (χ0v) is 23.7. The van der Waals surface area contributed by atoms with Gasteiger partial charge in [-0.3, -0.25) is 13.9 Å². The van der Waals surface area contributed by atoms with Crippen LogP contribution >= 0.6 is 11.6 Å². The molecule has 3 aromatic rings. The quantitative estimate of drug-likeness (QED) is 0.377. The maximum absolute atomic E-state index is 14.0. The number of anilines is 1. The summed E-state index contributed by atoms with van der Waals surface area (Å²) in [5.74, 6) is -0.835. The SMILES string of the molecule is CCNC(=O)[C@H](Cc1ccccc1)N(Cc1ccccc1Cl)C(=O)CN(c1cc(C)ccc1C)S(C)(=O)=O. The summed E-state index contributed by atoms with van der Waals surface area (Å²) < 4.78 is 26.9. The fourth-order valence-electron chi connectivity index (χ4n) is 4.24. The molecular formula is C29H34ClN3O4S. The molecule has 3 aromatic carbocycles. The van der Waals surface area contributed by atoms with E-state index in [-0.39, 0.29) is 18.9 Å². The van der Waals surface area contributed by atoms with E-state index in [1.165, 1.54) is 4.90 Å². The highest BCUT2D eigenvalue weighted by molar-refractivity contribution is 7.92. The van der Waals surface area contributed by atoms with E-state index in [1.54, 1.807) is 37.3 Å². The summed E-state index contributed by atoms with van der Waals surface area (Å²) in [6.07, 6.45) is 1.33. The largest absolute Gasteiger partial charge is 0.355 e. The van der Waals surface area contributed by atoms with Gasteiger partial charge in [0.15, 0.2) is 0 Å². The lowest BCUT2D eigenvalue weighted by Crippen LogP contribution is -2.53. The Bertz CT molecular complexity index is 1380. The Kier molecular flexibility index (Phi) is 9.94. The normalized spacial score (nSPS) is 12.0. The fourth-order valence-corrected chi connectivity index (χ4v) is 5.33. The summed E-state index contributed by atoms with van der Waals surface area (Å²) in [6.45, 7) is 5.43. The van der Waals surface area contributed by atoms with Gasteiger partial charge in [0.1, 0.15) is 12.6 Å². The van der Waals surface area contributed by atoms with E-state index >= 15 is 0 Å². The zero-order valence-electron chi connectivity index (χ0n) is 22.1. The smallest absolute Gasteiger partial charge is 0.244 e. The van der Waals surface area contributed by atoms with E-state index in [2.05, 4.69) is 5.32 Å². The highest BCUT2D eigenvalue weighted by atomic mass is 35.5. The molecule has 7 nitrogen and oxygen atoms in total.